The predicted molar refractivity (Wildman–Crippen MR) is 113 cm³/mol. The Balaban J connectivity index is 3.95. The Bertz CT molecular complexity index is 295. The largest absolute Gasteiger partial charge is 0.295 e. The van der Waals surface area contributed by atoms with Gasteiger partial charge in [-0.3, -0.25) is 4.79 Å². The van der Waals surface area contributed by atoms with Crippen LogP contribution in [0.15, 0.2) is 12.2 Å². The van der Waals surface area contributed by atoms with Gasteiger partial charge in [-0.1, -0.05) is 84.6 Å². The summed E-state index contributed by atoms with van der Waals surface area (Å²) in [4.78, 5) is 11.9. The average molecular weight is 355 g/mol. The topological polar surface area (TPSA) is 17.1 Å². The molecule has 0 fully saturated rings. The highest BCUT2D eigenvalue weighted by Crippen LogP contribution is 2.39. The molecule has 0 aromatic carbocycles. The minimum absolute atomic E-state index is 0.0711. The third-order valence-corrected chi connectivity index (χ3v) is 7.54. The number of carbonyl (C=O) groups is 1. The van der Waals surface area contributed by atoms with E-state index in [-0.39, 0.29) is 13.7 Å². The first-order chi connectivity index (χ1) is 11.6. The monoisotopic (exact) mass is 354 g/mol. The van der Waals surface area contributed by atoms with Crippen LogP contribution >= 0.6 is 7.92 Å². The van der Waals surface area contributed by atoms with Gasteiger partial charge in [0.15, 0.2) is 5.78 Å². The van der Waals surface area contributed by atoms with Crippen LogP contribution in [0, 0.1) is 0 Å². The number of allylic oxidation sites excluding steroid dienone is 1. The van der Waals surface area contributed by atoms with E-state index in [9.17, 15) is 4.79 Å². The van der Waals surface area contributed by atoms with Crippen LogP contribution in [0.3, 0.4) is 0 Å². The second-order valence-electron chi connectivity index (χ2n) is 7.33. The molecule has 0 rings (SSSR count). The quantitative estimate of drug-likeness (QED) is 0.140. The van der Waals surface area contributed by atoms with Gasteiger partial charge in [-0.05, 0) is 43.8 Å². The highest BCUT2D eigenvalue weighted by Gasteiger charge is 2.11. The Morgan fingerprint density at radius 2 is 1.12 bits per heavy atom. The van der Waals surface area contributed by atoms with Gasteiger partial charge < -0.3 is 0 Å². The first-order valence-corrected chi connectivity index (χ1v) is 12.4. The molecule has 0 aliphatic rings. The van der Waals surface area contributed by atoms with Crippen LogP contribution in [0.4, 0.5) is 0 Å². The van der Waals surface area contributed by atoms with E-state index in [0.717, 1.165) is 18.2 Å². The van der Waals surface area contributed by atoms with Gasteiger partial charge in [-0.25, -0.2) is 0 Å². The average Bonchev–Trinajstić information content (AvgIpc) is 2.57. The molecule has 0 saturated heterocycles. The molecule has 0 unspecified atom stereocenters. The van der Waals surface area contributed by atoms with Crippen LogP contribution in [-0.2, 0) is 4.79 Å². The van der Waals surface area contributed by atoms with Gasteiger partial charge in [-0.2, -0.15) is 0 Å². The van der Waals surface area contributed by atoms with Crippen molar-refractivity contribution in [3.63, 3.8) is 0 Å². The minimum Gasteiger partial charge on any atom is -0.295 e. The van der Waals surface area contributed by atoms with E-state index in [1.165, 1.54) is 89.4 Å². The zero-order valence-electron chi connectivity index (χ0n) is 16.9. The van der Waals surface area contributed by atoms with Crippen LogP contribution in [0.25, 0.3) is 0 Å². The molecule has 0 bridgehead atoms. The Morgan fingerprint density at radius 1 is 0.708 bits per heavy atom. The van der Waals surface area contributed by atoms with Crippen LogP contribution in [0.1, 0.15) is 104 Å². The minimum atomic E-state index is 0.0711. The second-order valence-corrected chi connectivity index (χ2v) is 10.0. The van der Waals surface area contributed by atoms with Crippen molar-refractivity contribution < 1.29 is 4.79 Å². The summed E-state index contributed by atoms with van der Waals surface area (Å²) < 4.78 is 0. The van der Waals surface area contributed by atoms with Crippen molar-refractivity contribution in [2.45, 2.75) is 104 Å². The molecule has 0 aromatic heterocycles. The third-order valence-electron chi connectivity index (χ3n) is 4.79. The van der Waals surface area contributed by atoms with Crippen molar-refractivity contribution in [3.8, 4) is 0 Å². The van der Waals surface area contributed by atoms with Crippen LogP contribution in [0.5, 0.6) is 0 Å². The molecule has 0 aliphatic heterocycles. The van der Waals surface area contributed by atoms with Crippen molar-refractivity contribution in [3.05, 3.63) is 12.2 Å². The normalized spacial score (nSPS) is 11.2. The molecule has 1 nitrogen and oxygen atoms in total. The first kappa shape index (κ1) is 23.8. The predicted octanol–water partition coefficient (Wildman–Crippen LogP) is 7.72. The van der Waals surface area contributed by atoms with Crippen LogP contribution in [-0.4, -0.2) is 24.3 Å². The molecule has 0 N–H and O–H groups in total. The van der Waals surface area contributed by atoms with E-state index in [0.29, 0.717) is 0 Å². The number of Topliss-reactive ketones (excluding diaryl/α,β-unsaturated/α-hetero) is 1. The van der Waals surface area contributed by atoms with Crippen LogP contribution < -0.4 is 0 Å². The van der Waals surface area contributed by atoms with E-state index in [2.05, 4.69) is 20.4 Å². The van der Waals surface area contributed by atoms with Gasteiger partial charge >= 0.3 is 0 Å². The molecule has 142 valence electrons. The Morgan fingerprint density at radius 3 is 1.54 bits per heavy atom. The van der Waals surface area contributed by atoms with Crippen molar-refractivity contribution in [1.29, 1.82) is 0 Å². The van der Waals surface area contributed by atoms with Crippen molar-refractivity contribution in [1.82, 2.24) is 0 Å². The fourth-order valence-corrected chi connectivity index (χ4v) is 5.57. The standard InChI is InChI=1S/C22H43OP/c1-5-7-9-11-13-15-18-24(20-17-22(23)21(3)4)19-16-14-12-10-8-6-2/h3,5-20H2,1-2,4H3. The summed E-state index contributed by atoms with van der Waals surface area (Å²) in [6.45, 7) is 10.2. The summed E-state index contributed by atoms with van der Waals surface area (Å²) in [5.41, 5.74) is 0.740. The first-order valence-electron chi connectivity index (χ1n) is 10.5. The molecule has 0 radical (unpaired) electrons. The summed E-state index contributed by atoms with van der Waals surface area (Å²) in [5.74, 6) is 0.286. The molecule has 0 spiro atoms. The van der Waals surface area contributed by atoms with Gasteiger partial charge in [0, 0.05) is 6.42 Å². The highest BCUT2D eigenvalue weighted by atomic mass is 31.1. The molecule has 0 saturated carbocycles. The zero-order chi connectivity index (χ0) is 18.0. The van der Waals surface area contributed by atoms with E-state index in [4.69, 9.17) is 0 Å². The number of unbranched alkanes of at least 4 members (excludes halogenated alkanes) is 10. The van der Waals surface area contributed by atoms with Crippen molar-refractivity contribution in [2.75, 3.05) is 18.5 Å². The molecular weight excluding hydrogens is 311 g/mol. The lowest BCUT2D eigenvalue weighted by atomic mass is 10.1. The Hall–Kier alpha value is -0.160. The van der Waals surface area contributed by atoms with E-state index < -0.39 is 0 Å². The molecule has 0 aromatic rings. The molecule has 2 heteroatoms. The SMILES string of the molecule is C=C(C)C(=O)CCP(CCCCCCCC)CCCCCCCC. The zero-order valence-corrected chi connectivity index (χ0v) is 17.8. The van der Waals surface area contributed by atoms with Gasteiger partial charge in [0.2, 0.25) is 0 Å². The van der Waals surface area contributed by atoms with Crippen LogP contribution in [0.2, 0.25) is 0 Å². The van der Waals surface area contributed by atoms with Gasteiger partial charge in [0.25, 0.3) is 0 Å². The van der Waals surface area contributed by atoms with E-state index in [1.54, 1.807) is 0 Å². The lowest BCUT2D eigenvalue weighted by Crippen LogP contribution is -2.04. The third kappa shape index (κ3) is 15.4. The second kappa shape index (κ2) is 17.7. The fourth-order valence-electron chi connectivity index (χ4n) is 3.04. The number of carbonyl (C=O) groups excluding carboxylic acids is 1. The lowest BCUT2D eigenvalue weighted by molar-refractivity contribution is -0.115. The van der Waals surface area contributed by atoms with Gasteiger partial charge in [0.05, 0.1) is 0 Å². The number of rotatable bonds is 18. The number of ketones is 1. The number of hydrogen-bond acceptors (Lipinski definition) is 1. The summed E-state index contributed by atoms with van der Waals surface area (Å²) in [7, 11) is 0.0711. The molecule has 0 aliphatic carbocycles. The smallest absolute Gasteiger partial charge is 0.158 e. The summed E-state index contributed by atoms with van der Waals surface area (Å²) in [6.07, 6.45) is 21.3. The highest BCUT2D eigenvalue weighted by molar-refractivity contribution is 7.57. The maximum atomic E-state index is 11.9. The molecule has 24 heavy (non-hydrogen) atoms. The summed E-state index contributed by atoms with van der Waals surface area (Å²) >= 11 is 0. The van der Waals surface area contributed by atoms with E-state index >= 15 is 0 Å². The van der Waals surface area contributed by atoms with E-state index in [1.807, 2.05) is 6.92 Å². The Labute approximate surface area is 153 Å². The summed E-state index contributed by atoms with van der Waals surface area (Å²) in [5, 5.41) is 0. The number of hydrogen-bond donors (Lipinski definition) is 0. The van der Waals surface area contributed by atoms with Crippen molar-refractivity contribution in [2.24, 2.45) is 0 Å². The fraction of sp³-hybridized carbons (Fsp3) is 0.864. The molecule has 0 heterocycles. The molecule has 0 amide bonds. The maximum absolute atomic E-state index is 11.9. The molecular formula is C22H43OP. The van der Waals surface area contributed by atoms with Crippen molar-refractivity contribution >= 4 is 13.7 Å². The lowest BCUT2D eigenvalue weighted by Gasteiger charge is -2.17. The molecule has 0 atom stereocenters. The van der Waals surface area contributed by atoms with Gasteiger partial charge in [0.1, 0.15) is 0 Å². The summed E-state index contributed by atoms with van der Waals surface area (Å²) in [6, 6.07) is 0. The maximum Gasteiger partial charge on any atom is 0.158 e. The Kier molecular flexibility index (Phi) is 17.5. The van der Waals surface area contributed by atoms with Gasteiger partial charge in [-0.15, -0.1) is 7.92 Å².